The fourth-order valence-electron chi connectivity index (χ4n) is 1.52. The fourth-order valence-corrected chi connectivity index (χ4v) is 2.20. The van der Waals surface area contributed by atoms with E-state index in [1.54, 1.807) is 6.20 Å². The highest BCUT2D eigenvalue weighted by molar-refractivity contribution is 7.09. The van der Waals surface area contributed by atoms with E-state index in [9.17, 15) is 4.79 Å². The minimum absolute atomic E-state index is 0.196. The van der Waals surface area contributed by atoms with Gasteiger partial charge >= 0.3 is 0 Å². The number of aromatic nitrogens is 1. The normalized spacial score (nSPS) is 12.1. The van der Waals surface area contributed by atoms with Crippen molar-refractivity contribution in [2.75, 3.05) is 11.9 Å². The molecular weight excluding hydrogens is 248 g/mol. The second kappa shape index (κ2) is 6.28. The van der Waals surface area contributed by atoms with E-state index in [0.29, 0.717) is 11.6 Å². The molecule has 0 aliphatic rings. The monoisotopic (exact) mass is 262 g/mol. The lowest BCUT2D eigenvalue weighted by atomic mass is 10.3. The van der Waals surface area contributed by atoms with Crippen LogP contribution in [-0.2, 0) is 9.53 Å². The fraction of sp³-hybridized carbons (Fsp3) is 0.231. The number of amides is 1. The predicted molar refractivity (Wildman–Crippen MR) is 71.6 cm³/mol. The highest BCUT2D eigenvalue weighted by Gasteiger charge is 2.23. The maximum atomic E-state index is 12.1. The van der Waals surface area contributed by atoms with Crippen molar-refractivity contribution < 1.29 is 9.53 Å². The molecule has 0 fully saturated rings. The van der Waals surface area contributed by atoms with Gasteiger partial charge in [-0.2, -0.15) is 0 Å². The summed E-state index contributed by atoms with van der Waals surface area (Å²) >= 11 is 1.41. The number of nitrogens with zero attached hydrogens (tertiary/aromatic N) is 1. The van der Waals surface area contributed by atoms with Crippen molar-refractivity contribution in [2.24, 2.45) is 0 Å². The highest BCUT2D eigenvalue weighted by atomic mass is 32.1. The molecule has 1 amide bonds. The number of rotatable bonds is 5. The molecule has 18 heavy (non-hydrogen) atoms. The Hall–Kier alpha value is -1.72. The smallest absolute Gasteiger partial charge is 0.260 e. The lowest BCUT2D eigenvalue weighted by molar-refractivity contribution is -0.127. The Labute approximate surface area is 110 Å². The van der Waals surface area contributed by atoms with E-state index in [0.717, 1.165) is 5.69 Å². The molecule has 0 bridgehead atoms. The molecule has 1 unspecified atom stereocenters. The van der Waals surface area contributed by atoms with Gasteiger partial charge < -0.3 is 10.1 Å². The standard InChI is InChI=1S/C13H14N2O2S/c1-2-17-11(13-14-8-9-18-13)12(16)15-10-6-4-3-5-7-10/h3-9,11H,2H2,1H3,(H,15,16). The van der Waals surface area contributed by atoms with Gasteiger partial charge in [0.15, 0.2) is 6.10 Å². The zero-order chi connectivity index (χ0) is 12.8. The Morgan fingerprint density at radius 1 is 1.44 bits per heavy atom. The Morgan fingerprint density at radius 3 is 2.83 bits per heavy atom. The van der Waals surface area contributed by atoms with E-state index in [-0.39, 0.29) is 5.91 Å². The van der Waals surface area contributed by atoms with Gasteiger partial charge in [-0.3, -0.25) is 4.79 Å². The van der Waals surface area contributed by atoms with Crippen LogP contribution in [0.4, 0.5) is 5.69 Å². The molecule has 1 aromatic carbocycles. The summed E-state index contributed by atoms with van der Waals surface area (Å²) in [5.74, 6) is -0.196. The summed E-state index contributed by atoms with van der Waals surface area (Å²) in [5, 5.41) is 5.32. The van der Waals surface area contributed by atoms with Gasteiger partial charge in [-0.1, -0.05) is 18.2 Å². The van der Waals surface area contributed by atoms with Crippen LogP contribution in [0.2, 0.25) is 0 Å². The van der Waals surface area contributed by atoms with Gasteiger partial charge in [0.05, 0.1) is 0 Å². The molecule has 2 aromatic rings. The molecule has 0 aliphatic carbocycles. The zero-order valence-corrected chi connectivity index (χ0v) is 10.8. The van der Waals surface area contributed by atoms with E-state index >= 15 is 0 Å². The molecule has 0 spiro atoms. The second-order valence-corrected chi connectivity index (χ2v) is 4.49. The largest absolute Gasteiger partial charge is 0.361 e. The summed E-state index contributed by atoms with van der Waals surface area (Å²) in [6, 6.07) is 9.31. The van der Waals surface area contributed by atoms with E-state index in [4.69, 9.17) is 4.74 Å². The predicted octanol–water partition coefficient (Wildman–Crippen LogP) is 2.86. The molecule has 2 rings (SSSR count). The number of nitrogens with one attached hydrogen (secondary N) is 1. The summed E-state index contributed by atoms with van der Waals surface area (Å²) in [4.78, 5) is 16.3. The van der Waals surface area contributed by atoms with E-state index in [1.165, 1.54) is 11.3 Å². The third kappa shape index (κ3) is 3.15. The molecule has 94 valence electrons. The van der Waals surface area contributed by atoms with Gasteiger partial charge in [-0.15, -0.1) is 11.3 Å². The molecule has 1 atom stereocenters. The van der Waals surface area contributed by atoms with Gasteiger partial charge in [0.2, 0.25) is 0 Å². The summed E-state index contributed by atoms with van der Waals surface area (Å²) in [7, 11) is 0. The number of thiazole rings is 1. The maximum Gasteiger partial charge on any atom is 0.260 e. The molecular formula is C13H14N2O2S. The first-order valence-corrected chi connectivity index (χ1v) is 6.56. The van der Waals surface area contributed by atoms with Crippen molar-refractivity contribution in [1.82, 2.24) is 4.98 Å². The number of para-hydroxylation sites is 1. The topological polar surface area (TPSA) is 51.2 Å². The van der Waals surface area contributed by atoms with Gasteiger partial charge in [-0.05, 0) is 19.1 Å². The van der Waals surface area contributed by atoms with Crippen molar-refractivity contribution >= 4 is 22.9 Å². The van der Waals surface area contributed by atoms with Crippen molar-refractivity contribution in [3.63, 3.8) is 0 Å². The quantitative estimate of drug-likeness (QED) is 0.901. The van der Waals surface area contributed by atoms with Gasteiger partial charge in [0, 0.05) is 23.9 Å². The molecule has 0 aliphatic heterocycles. The van der Waals surface area contributed by atoms with Crippen LogP contribution < -0.4 is 5.32 Å². The van der Waals surface area contributed by atoms with E-state index in [2.05, 4.69) is 10.3 Å². The number of hydrogen-bond donors (Lipinski definition) is 1. The molecule has 1 N–H and O–H groups in total. The van der Waals surface area contributed by atoms with Gasteiger partial charge in [0.25, 0.3) is 5.91 Å². The SMILES string of the molecule is CCOC(C(=O)Nc1ccccc1)c1nccs1. The molecule has 1 heterocycles. The van der Waals surface area contributed by atoms with Crippen LogP contribution in [0.1, 0.15) is 18.0 Å². The van der Waals surface area contributed by atoms with Crippen LogP contribution in [0.15, 0.2) is 41.9 Å². The van der Waals surface area contributed by atoms with E-state index < -0.39 is 6.10 Å². The first-order chi connectivity index (χ1) is 8.81. The molecule has 1 aromatic heterocycles. The summed E-state index contributed by atoms with van der Waals surface area (Å²) in [5.41, 5.74) is 0.753. The van der Waals surface area contributed by atoms with Crippen molar-refractivity contribution in [1.29, 1.82) is 0 Å². The van der Waals surface area contributed by atoms with Crippen molar-refractivity contribution in [3.8, 4) is 0 Å². The first kappa shape index (κ1) is 12.7. The van der Waals surface area contributed by atoms with Crippen LogP contribution in [-0.4, -0.2) is 17.5 Å². The molecule has 5 heteroatoms. The molecule has 0 saturated heterocycles. The van der Waals surface area contributed by atoms with Crippen molar-refractivity contribution in [3.05, 3.63) is 46.9 Å². The number of ether oxygens (including phenoxy) is 1. The summed E-state index contributed by atoms with van der Waals surface area (Å²) in [6.45, 7) is 2.32. The molecule has 4 nitrogen and oxygen atoms in total. The average molecular weight is 262 g/mol. The second-order valence-electron chi connectivity index (χ2n) is 3.56. The zero-order valence-electron chi connectivity index (χ0n) is 10.00. The van der Waals surface area contributed by atoms with Crippen LogP contribution in [0.25, 0.3) is 0 Å². The van der Waals surface area contributed by atoms with Crippen LogP contribution >= 0.6 is 11.3 Å². The average Bonchev–Trinajstić information content (AvgIpc) is 2.90. The van der Waals surface area contributed by atoms with Gasteiger partial charge in [-0.25, -0.2) is 4.98 Å². The lowest BCUT2D eigenvalue weighted by Crippen LogP contribution is -2.23. The molecule has 0 saturated carbocycles. The Morgan fingerprint density at radius 2 is 2.22 bits per heavy atom. The Kier molecular flexibility index (Phi) is 4.44. The highest BCUT2D eigenvalue weighted by Crippen LogP contribution is 2.21. The lowest BCUT2D eigenvalue weighted by Gasteiger charge is -2.14. The van der Waals surface area contributed by atoms with Crippen LogP contribution in [0.3, 0.4) is 0 Å². The van der Waals surface area contributed by atoms with Crippen molar-refractivity contribution in [2.45, 2.75) is 13.0 Å². The van der Waals surface area contributed by atoms with E-state index in [1.807, 2.05) is 42.6 Å². The third-order valence-corrected chi connectivity index (χ3v) is 3.11. The number of hydrogen-bond acceptors (Lipinski definition) is 4. The maximum absolute atomic E-state index is 12.1. The number of carbonyl (C=O) groups excluding carboxylic acids is 1. The van der Waals surface area contributed by atoms with Crippen LogP contribution in [0, 0.1) is 0 Å². The summed E-state index contributed by atoms with van der Waals surface area (Å²) < 4.78 is 5.46. The number of anilines is 1. The minimum Gasteiger partial charge on any atom is -0.361 e. The first-order valence-electron chi connectivity index (χ1n) is 5.68. The van der Waals surface area contributed by atoms with Crippen LogP contribution in [0.5, 0.6) is 0 Å². The Bertz CT molecular complexity index is 485. The third-order valence-electron chi connectivity index (χ3n) is 2.29. The van der Waals surface area contributed by atoms with Gasteiger partial charge in [0.1, 0.15) is 5.01 Å². The summed E-state index contributed by atoms with van der Waals surface area (Å²) in [6.07, 6.45) is 1.03. The Balaban J connectivity index is 2.09. The molecule has 0 radical (unpaired) electrons. The number of carbonyl (C=O) groups is 1. The minimum atomic E-state index is -0.643. The number of benzene rings is 1.